The van der Waals surface area contributed by atoms with Gasteiger partial charge < -0.3 is 10.1 Å². The van der Waals surface area contributed by atoms with Gasteiger partial charge in [0, 0.05) is 11.4 Å². The Hall–Kier alpha value is -4.42. The average molecular weight is 584 g/mol. The zero-order valence-corrected chi connectivity index (χ0v) is 23.0. The summed E-state index contributed by atoms with van der Waals surface area (Å²) in [6.07, 6.45) is 0. The van der Waals surface area contributed by atoms with Crippen molar-refractivity contribution in [2.24, 2.45) is 0 Å². The number of hydrogen-bond donors (Lipinski definition) is 2. The van der Waals surface area contributed by atoms with Crippen molar-refractivity contribution in [3.8, 4) is 5.75 Å². The van der Waals surface area contributed by atoms with E-state index in [4.69, 9.17) is 4.74 Å². The van der Waals surface area contributed by atoms with Crippen molar-refractivity contribution in [3.05, 3.63) is 109 Å². The fourth-order valence-corrected chi connectivity index (χ4v) is 6.17. The number of rotatable bonds is 11. The SMILES string of the molecule is CCOc1ccc(S(=O)(=O)N(CC(=O)Nc2ccc(S(=O)(=O)Nc3ccc(F)cc3)cc2)c2ccccc2)cc1. The number of anilines is 3. The third kappa shape index (κ3) is 6.96. The lowest BCUT2D eigenvalue weighted by Crippen LogP contribution is -2.38. The van der Waals surface area contributed by atoms with E-state index in [1.165, 1.54) is 48.5 Å². The maximum absolute atomic E-state index is 13.5. The lowest BCUT2D eigenvalue weighted by atomic mass is 10.3. The van der Waals surface area contributed by atoms with Crippen LogP contribution in [0.25, 0.3) is 0 Å². The third-order valence-corrected chi connectivity index (χ3v) is 8.78. The van der Waals surface area contributed by atoms with Gasteiger partial charge >= 0.3 is 0 Å². The summed E-state index contributed by atoms with van der Waals surface area (Å²) in [5.41, 5.74) is 0.741. The van der Waals surface area contributed by atoms with Crippen LogP contribution in [0.15, 0.2) is 113 Å². The molecule has 1 amide bonds. The summed E-state index contributed by atoms with van der Waals surface area (Å²) >= 11 is 0. The van der Waals surface area contributed by atoms with Gasteiger partial charge in [0.2, 0.25) is 5.91 Å². The molecule has 4 aromatic carbocycles. The van der Waals surface area contributed by atoms with E-state index in [0.717, 1.165) is 16.4 Å². The number of amides is 1. The lowest BCUT2D eigenvalue weighted by Gasteiger charge is -2.24. The molecular formula is C28H26FN3O6S2. The Morgan fingerprint density at radius 2 is 1.35 bits per heavy atom. The largest absolute Gasteiger partial charge is 0.494 e. The second-order valence-electron chi connectivity index (χ2n) is 8.44. The summed E-state index contributed by atoms with van der Waals surface area (Å²) < 4.78 is 74.2. The number of benzene rings is 4. The Morgan fingerprint density at radius 1 is 0.775 bits per heavy atom. The molecule has 0 bridgehead atoms. The molecule has 9 nitrogen and oxygen atoms in total. The maximum atomic E-state index is 13.5. The van der Waals surface area contributed by atoms with Crippen LogP contribution in [0.1, 0.15) is 6.92 Å². The quantitative estimate of drug-likeness (QED) is 0.260. The molecule has 0 aliphatic rings. The molecular weight excluding hydrogens is 557 g/mol. The van der Waals surface area contributed by atoms with Gasteiger partial charge in [0.1, 0.15) is 18.1 Å². The number of carbonyl (C=O) groups is 1. The first kappa shape index (κ1) is 28.6. The van der Waals surface area contributed by atoms with Crippen LogP contribution in [0.4, 0.5) is 21.5 Å². The van der Waals surface area contributed by atoms with Gasteiger partial charge in [0.05, 0.1) is 22.1 Å². The Morgan fingerprint density at radius 3 is 1.95 bits per heavy atom. The zero-order valence-electron chi connectivity index (χ0n) is 21.3. The van der Waals surface area contributed by atoms with Crippen molar-refractivity contribution in [1.82, 2.24) is 0 Å². The minimum absolute atomic E-state index is 0.0178. The van der Waals surface area contributed by atoms with E-state index in [1.54, 1.807) is 42.5 Å². The molecule has 40 heavy (non-hydrogen) atoms. The molecule has 2 N–H and O–H groups in total. The van der Waals surface area contributed by atoms with E-state index in [-0.39, 0.29) is 21.2 Å². The number of ether oxygens (including phenoxy) is 1. The van der Waals surface area contributed by atoms with Gasteiger partial charge in [-0.15, -0.1) is 0 Å². The highest BCUT2D eigenvalue weighted by Gasteiger charge is 2.27. The van der Waals surface area contributed by atoms with E-state index >= 15 is 0 Å². The van der Waals surface area contributed by atoms with Crippen LogP contribution < -0.4 is 19.1 Å². The van der Waals surface area contributed by atoms with Gasteiger partial charge in [-0.05, 0) is 91.9 Å². The van der Waals surface area contributed by atoms with Crippen molar-refractivity contribution < 1.29 is 30.8 Å². The molecule has 0 aliphatic carbocycles. The molecule has 208 valence electrons. The third-order valence-electron chi connectivity index (χ3n) is 5.60. The first-order valence-corrected chi connectivity index (χ1v) is 15.0. The number of sulfonamides is 2. The smallest absolute Gasteiger partial charge is 0.264 e. The number of halogens is 1. The minimum Gasteiger partial charge on any atom is -0.494 e. The normalized spacial score (nSPS) is 11.4. The van der Waals surface area contributed by atoms with Gasteiger partial charge in [-0.25, -0.2) is 21.2 Å². The monoisotopic (exact) mass is 583 g/mol. The van der Waals surface area contributed by atoms with E-state index < -0.39 is 38.3 Å². The second-order valence-corrected chi connectivity index (χ2v) is 12.0. The molecule has 4 aromatic rings. The molecule has 0 spiro atoms. The average Bonchev–Trinajstić information content (AvgIpc) is 2.94. The van der Waals surface area contributed by atoms with Crippen LogP contribution in [0.5, 0.6) is 5.75 Å². The molecule has 4 rings (SSSR count). The summed E-state index contributed by atoms with van der Waals surface area (Å²) in [6.45, 7) is 1.71. The summed E-state index contributed by atoms with van der Waals surface area (Å²) in [5, 5.41) is 2.60. The first-order chi connectivity index (χ1) is 19.1. The summed E-state index contributed by atoms with van der Waals surface area (Å²) in [7, 11) is -8.09. The van der Waals surface area contributed by atoms with Gasteiger partial charge in [-0.1, -0.05) is 18.2 Å². The first-order valence-electron chi connectivity index (χ1n) is 12.1. The van der Waals surface area contributed by atoms with Crippen LogP contribution in [-0.4, -0.2) is 35.9 Å². The van der Waals surface area contributed by atoms with Crippen LogP contribution >= 0.6 is 0 Å². The lowest BCUT2D eigenvalue weighted by molar-refractivity contribution is -0.114. The Kier molecular flexibility index (Phi) is 8.70. The van der Waals surface area contributed by atoms with Crippen molar-refractivity contribution in [2.45, 2.75) is 16.7 Å². The van der Waals surface area contributed by atoms with Crippen molar-refractivity contribution in [2.75, 3.05) is 27.5 Å². The standard InChI is InChI=1S/C28H26FN3O6S2/c1-2-38-25-14-18-27(19-15-25)40(36,37)32(24-6-4-3-5-7-24)20-28(33)30-22-12-16-26(17-13-22)39(34,35)31-23-10-8-21(29)9-11-23/h3-19,31H,2,20H2,1H3,(H,30,33). The topological polar surface area (TPSA) is 122 Å². The minimum atomic E-state index is -4.13. The molecule has 0 aliphatic heterocycles. The molecule has 0 radical (unpaired) electrons. The second kappa shape index (κ2) is 12.2. The van der Waals surface area contributed by atoms with Crippen molar-refractivity contribution in [3.63, 3.8) is 0 Å². The molecule has 0 saturated heterocycles. The van der Waals surface area contributed by atoms with E-state index in [2.05, 4.69) is 10.0 Å². The van der Waals surface area contributed by atoms with Gasteiger partial charge in [0.15, 0.2) is 0 Å². The Balaban J connectivity index is 1.50. The number of hydrogen-bond acceptors (Lipinski definition) is 6. The predicted molar refractivity (Wildman–Crippen MR) is 151 cm³/mol. The number of nitrogens with zero attached hydrogens (tertiary/aromatic N) is 1. The fraction of sp³-hybridized carbons (Fsp3) is 0.107. The molecule has 12 heteroatoms. The molecule has 0 fully saturated rings. The summed E-state index contributed by atoms with van der Waals surface area (Å²) in [4.78, 5) is 12.9. The van der Waals surface area contributed by atoms with Crippen molar-refractivity contribution in [1.29, 1.82) is 0 Å². The van der Waals surface area contributed by atoms with Gasteiger partial charge in [-0.2, -0.15) is 0 Å². The van der Waals surface area contributed by atoms with Crippen LogP contribution in [-0.2, 0) is 24.8 Å². The fourth-order valence-electron chi connectivity index (χ4n) is 3.69. The van der Waals surface area contributed by atoms with E-state index in [1.807, 2.05) is 6.92 Å². The van der Waals surface area contributed by atoms with Crippen LogP contribution in [0, 0.1) is 5.82 Å². The zero-order chi connectivity index (χ0) is 28.8. The predicted octanol–water partition coefficient (Wildman–Crippen LogP) is 4.86. The van der Waals surface area contributed by atoms with Crippen LogP contribution in [0.3, 0.4) is 0 Å². The maximum Gasteiger partial charge on any atom is 0.264 e. The van der Waals surface area contributed by atoms with Gasteiger partial charge in [0.25, 0.3) is 20.0 Å². The Labute approximate surface area is 232 Å². The summed E-state index contributed by atoms with van der Waals surface area (Å²) in [5.74, 6) is -0.622. The van der Waals surface area contributed by atoms with Gasteiger partial charge in [-0.3, -0.25) is 13.8 Å². The molecule has 0 heterocycles. The highest BCUT2D eigenvalue weighted by molar-refractivity contribution is 7.93. The molecule has 0 unspecified atom stereocenters. The number of carbonyl (C=O) groups excluding carboxylic acids is 1. The Bertz CT molecular complexity index is 1660. The van der Waals surface area contributed by atoms with Crippen LogP contribution in [0.2, 0.25) is 0 Å². The molecule has 0 saturated carbocycles. The summed E-state index contributed by atoms with van der Waals surface area (Å²) in [6, 6.07) is 24.3. The highest BCUT2D eigenvalue weighted by atomic mass is 32.2. The van der Waals surface area contributed by atoms with E-state index in [0.29, 0.717) is 18.0 Å². The molecule has 0 atom stereocenters. The highest BCUT2D eigenvalue weighted by Crippen LogP contribution is 2.25. The molecule has 0 aromatic heterocycles. The number of nitrogens with one attached hydrogen (secondary N) is 2. The van der Waals surface area contributed by atoms with Crippen molar-refractivity contribution >= 4 is 43.0 Å². The number of para-hydroxylation sites is 1. The van der Waals surface area contributed by atoms with E-state index in [9.17, 15) is 26.0 Å².